The number of hydrogen-bond acceptors (Lipinski definition) is 7. The van der Waals surface area contributed by atoms with Crippen LogP contribution < -0.4 is 0 Å². The van der Waals surface area contributed by atoms with Gasteiger partial charge >= 0.3 is 5.69 Å². The highest BCUT2D eigenvalue weighted by atomic mass is 32.2. The zero-order valence-electron chi connectivity index (χ0n) is 13.7. The van der Waals surface area contributed by atoms with Crippen molar-refractivity contribution in [2.45, 2.75) is 6.54 Å². The standard InChI is InChI=1S/C18H11N3O5S/c19-9-12-3-1-2-4-13(12)10-20-17(23)16(27-18(20)24)8-11-5-6-15(22)14(7-11)21(25)26/h1-8,22H,10H2/b16-8+. The summed E-state index contributed by atoms with van der Waals surface area (Å²) in [6.45, 7) is -0.0402. The van der Waals surface area contributed by atoms with Gasteiger partial charge in [-0.3, -0.25) is 24.6 Å². The summed E-state index contributed by atoms with van der Waals surface area (Å²) >= 11 is 0.711. The fraction of sp³-hybridized carbons (Fsp3) is 0.0556. The van der Waals surface area contributed by atoms with Gasteiger partial charge in [0.2, 0.25) is 0 Å². The largest absolute Gasteiger partial charge is 0.502 e. The van der Waals surface area contributed by atoms with E-state index in [0.717, 1.165) is 17.0 Å². The van der Waals surface area contributed by atoms with Crippen molar-refractivity contribution < 1.29 is 19.6 Å². The number of nitriles is 1. The highest BCUT2D eigenvalue weighted by Gasteiger charge is 2.35. The van der Waals surface area contributed by atoms with Gasteiger partial charge in [-0.1, -0.05) is 24.3 Å². The van der Waals surface area contributed by atoms with Crippen LogP contribution >= 0.6 is 11.8 Å². The number of nitro benzene ring substituents is 1. The van der Waals surface area contributed by atoms with Crippen molar-refractivity contribution in [3.8, 4) is 11.8 Å². The molecule has 0 atom stereocenters. The lowest BCUT2D eigenvalue weighted by Crippen LogP contribution is -2.27. The number of imide groups is 1. The highest BCUT2D eigenvalue weighted by Crippen LogP contribution is 2.35. The fourth-order valence-electron chi connectivity index (χ4n) is 2.50. The second kappa shape index (κ2) is 7.31. The molecule has 1 N–H and O–H groups in total. The number of carbonyl (C=O) groups excluding carboxylic acids is 2. The first kappa shape index (κ1) is 18.2. The summed E-state index contributed by atoms with van der Waals surface area (Å²) in [4.78, 5) is 36.1. The van der Waals surface area contributed by atoms with Gasteiger partial charge in [0.1, 0.15) is 0 Å². The molecule has 2 amide bonds. The topological polar surface area (TPSA) is 125 Å². The zero-order valence-corrected chi connectivity index (χ0v) is 14.5. The minimum Gasteiger partial charge on any atom is -0.502 e. The number of nitrogens with zero attached hydrogens (tertiary/aromatic N) is 3. The van der Waals surface area contributed by atoms with Crippen LogP contribution in [0.5, 0.6) is 5.75 Å². The maximum atomic E-state index is 12.6. The molecule has 1 aliphatic heterocycles. The first-order valence-corrected chi connectivity index (χ1v) is 8.43. The van der Waals surface area contributed by atoms with Crippen LogP contribution in [0.25, 0.3) is 6.08 Å². The predicted octanol–water partition coefficient (Wildman–Crippen LogP) is 3.41. The molecular formula is C18H11N3O5S. The van der Waals surface area contributed by atoms with Crippen molar-refractivity contribution >= 4 is 34.7 Å². The molecule has 27 heavy (non-hydrogen) atoms. The molecule has 2 aromatic carbocycles. The summed E-state index contributed by atoms with van der Waals surface area (Å²) in [5.74, 6) is -1.04. The van der Waals surface area contributed by atoms with Gasteiger partial charge in [0.25, 0.3) is 11.1 Å². The number of nitro groups is 1. The Morgan fingerprint density at radius 1 is 1.26 bits per heavy atom. The third kappa shape index (κ3) is 3.65. The number of phenols is 1. The number of aromatic hydroxyl groups is 1. The monoisotopic (exact) mass is 381 g/mol. The molecule has 9 heteroatoms. The molecule has 2 aromatic rings. The maximum Gasteiger partial charge on any atom is 0.311 e. The van der Waals surface area contributed by atoms with Crippen molar-refractivity contribution in [3.05, 3.63) is 74.2 Å². The van der Waals surface area contributed by atoms with Crippen LogP contribution in [0.15, 0.2) is 47.4 Å². The van der Waals surface area contributed by atoms with E-state index in [1.54, 1.807) is 24.3 Å². The van der Waals surface area contributed by atoms with Gasteiger partial charge in [0, 0.05) is 6.07 Å². The van der Waals surface area contributed by atoms with Gasteiger partial charge in [-0.15, -0.1) is 0 Å². The summed E-state index contributed by atoms with van der Waals surface area (Å²) in [7, 11) is 0. The molecule has 134 valence electrons. The van der Waals surface area contributed by atoms with Crippen molar-refractivity contribution in [1.29, 1.82) is 5.26 Å². The van der Waals surface area contributed by atoms with Gasteiger partial charge in [-0.25, -0.2) is 0 Å². The number of amides is 2. The van der Waals surface area contributed by atoms with E-state index in [1.165, 1.54) is 12.1 Å². The zero-order chi connectivity index (χ0) is 19.6. The Bertz CT molecular complexity index is 1040. The molecule has 8 nitrogen and oxygen atoms in total. The van der Waals surface area contributed by atoms with Gasteiger partial charge in [-0.05, 0) is 41.1 Å². The van der Waals surface area contributed by atoms with Crippen LogP contribution in [0.2, 0.25) is 0 Å². The van der Waals surface area contributed by atoms with Gasteiger partial charge in [0.15, 0.2) is 5.75 Å². The van der Waals surface area contributed by atoms with Gasteiger partial charge < -0.3 is 5.11 Å². The fourth-order valence-corrected chi connectivity index (χ4v) is 3.34. The molecule has 1 saturated heterocycles. The molecule has 1 aliphatic rings. The molecule has 1 heterocycles. The maximum absolute atomic E-state index is 12.6. The smallest absolute Gasteiger partial charge is 0.311 e. The highest BCUT2D eigenvalue weighted by molar-refractivity contribution is 8.18. The third-order valence-electron chi connectivity index (χ3n) is 3.83. The van der Waals surface area contributed by atoms with Crippen LogP contribution in [-0.4, -0.2) is 26.1 Å². The Morgan fingerprint density at radius 2 is 2.00 bits per heavy atom. The molecule has 1 fully saturated rings. The van der Waals surface area contributed by atoms with E-state index in [2.05, 4.69) is 0 Å². The van der Waals surface area contributed by atoms with E-state index in [9.17, 15) is 24.8 Å². The molecular weight excluding hydrogens is 370 g/mol. The average molecular weight is 381 g/mol. The Labute approximate surface area is 157 Å². The van der Waals surface area contributed by atoms with Crippen LogP contribution in [-0.2, 0) is 11.3 Å². The Balaban J connectivity index is 1.88. The van der Waals surface area contributed by atoms with Crippen LogP contribution in [0.3, 0.4) is 0 Å². The van der Waals surface area contributed by atoms with E-state index in [0.29, 0.717) is 28.5 Å². The molecule has 0 unspecified atom stereocenters. The van der Waals surface area contributed by atoms with E-state index in [4.69, 9.17) is 5.26 Å². The minimum absolute atomic E-state index is 0.0402. The molecule has 0 spiro atoms. The van der Waals surface area contributed by atoms with Crippen molar-refractivity contribution in [2.24, 2.45) is 0 Å². The Morgan fingerprint density at radius 3 is 2.70 bits per heavy atom. The van der Waals surface area contributed by atoms with Crippen molar-refractivity contribution in [2.75, 3.05) is 0 Å². The quantitative estimate of drug-likeness (QED) is 0.489. The lowest BCUT2D eigenvalue weighted by atomic mass is 10.1. The second-order valence-electron chi connectivity index (χ2n) is 5.54. The normalized spacial score (nSPS) is 15.2. The lowest BCUT2D eigenvalue weighted by molar-refractivity contribution is -0.385. The van der Waals surface area contributed by atoms with Crippen LogP contribution in [0, 0.1) is 21.4 Å². The summed E-state index contributed by atoms with van der Waals surface area (Å²) in [6, 6.07) is 12.3. The minimum atomic E-state index is -0.739. The third-order valence-corrected chi connectivity index (χ3v) is 4.74. The summed E-state index contributed by atoms with van der Waals surface area (Å²) in [5, 5.41) is 29.0. The Hall–Kier alpha value is -3.64. The molecule has 0 radical (unpaired) electrons. The Kier molecular flexibility index (Phi) is 4.92. The van der Waals surface area contributed by atoms with E-state index >= 15 is 0 Å². The molecule has 0 aliphatic carbocycles. The summed E-state index contributed by atoms with van der Waals surface area (Å²) in [6.07, 6.45) is 1.35. The number of rotatable bonds is 4. The second-order valence-corrected chi connectivity index (χ2v) is 6.54. The average Bonchev–Trinajstić information content (AvgIpc) is 2.91. The van der Waals surface area contributed by atoms with Crippen molar-refractivity contribution in [3.63, 3.8) is 0 Å². The SMILES string of the molecule is N#Cc1ccccc1CN1C(=O)S/C(=C/c2ccc(O)c([N+](=O)[O-])c2)C1=O. The van der Waals surface area contributed by atoms with E-state index in [-0.39, 0.29) is 11.4 Å². The predicted molar refractivity (Wildman–Crippen MR) is 97.4 cm³/mol. The first-order valence-electron chi connectivity index (χ1n) is 7.61. The molecule has 0 aromatic heterocycles. The van der Waals surface area contributed by atoms with Crippen molar-refractivity contribution in [1.82, 2.24) is 4.90 Å². The number of thioether (sulfide) groups is 1. The number of benzene rings is 2. The molecule has 3 rings (SSSR count). The van der Waals surface area contributed by atoms with E-state index in [1.807, 2.05) is 6.07 Å². The number of phenolic OH excluding ortho intramolecular Hbond substituents is 1. The summed E-state index contributed by atoms with van der Waals surface area (Å²) in [5.41, 5.74) is 0.729. The summed E-state index contributed by atoms with van der Waals surface area (Å²) < 4.78 is 0. The van der Waals surface area contributed by atoms with Crippen LogP contribution in [0.1, 0.15) is 16.7 Å². The van der Waals surface area contributed by atoms with E-state index < -0.39 is 27.5 Å². The first-order chi connectivity index (χ1) is 12.9. The van der Waals surface area contributed by atoms with Gasteiger partial charge in [0.05, 0.1) is 28.0 Å². The molecule has 0 bridgehead atoms. The van der Waals surface area contributed by atoms with Gasteiger partial charge in [-0.2, -0.15) is 5.26 Å². The number of carbonyl (C=O) groups is 2. The lowest BCUT2D eigenvalue weighted by Gasteiger charge is -2.13. The number of hydrogen-bond donors (Lipinski definition) is 1. The molecule has 0 saturated carbocycles. The van der Waals surface area contributed by atoms with Crippen LogP contribution in [0.4, 0.5) is 10.5 Å².